The van der Waals surface area contributed by atoms with Crippen molar-refractivity contribution < 1.29 is 9.31 Å². The van der Waals surface area contributed by atoms with Gasteiger partial charge in [-0.3, -0.25) is 10.1 Å². The standard InChI is InChI=1S/C15H21FN2O2/c1-2-4-12-5-3-7-17(8-6-12)14-9-13(16)10-15(11-14)18(19)20/h9-12H,2-8H2,1H3. The number of halogens is 1. The van der Waals surface area contributed by atoms with Crippen molar-refractivity contribution in [1.29, 1.82) is 0 Å². The van der Waals surface area contributed by atoms with Gasteiger partial charge in [0, 0.05) is 24.8 Å². The third-order valence-electron chi connectivity index (χ3n) is 3.99. The van der Waals surface area contributed by atoms with Crippen LogP contribution < -0.4 is 4.90 Å². The number of benzene rings is 1. The first-order chi connectivity index (χ1) is 9.60. The summed E-state index contributed by atoms with van der Waals surface area (Å²) < 4.78 is 13.5. The maximum atomic E-state index is 13.5. The molecule has 1 unspecified atom stereocenters. The average molecular weight is 280 g/mol. The topological polar surface area (TPSA) is 46.4 Å². The summed E-state index contributed by atoms with van der Waals surface area (Å²) in [5.41, 5.74) is 0.461. The van der Waals surface area contributed by atoms with Crippen LogP contribution in [0.1, 0.15) is 39.0 Å². The quantitative estimate of drug-likeness (QED) is 0.615. The van der Waals surface area contributed by atoms with Gasteiger partial charge in [0.25, 0.3) is 5.69 Å². The Balaban J connectivity index is 2.13. The van der Waals surface area contributed by atoms with Crippen LogP contribution in [0.15, 0.2) is 18.2 Å². The minimum absolute atomic E-state index is 0.172. The van der Waals surface area contributed by atoms with Crippen LogP contribution in [0.5, 0.6) is 0 Å². The smallest absolute Gasteiger partial charge is 0.274 e. The first-order valence-corrected chi connectivity index (χ1v) is 7.30. The zero-order valence-corrected chi connectivity index (χ0v) is 11.8. The van der Waals surface area contributed by atoms with Gasteiger partial charge in [-0.2, -0.15) is 0 Å². The zero-order valence-electron chi connectivity index (χ0n) is 11.8. The normalized spacial score (nSPS) is 19.7. The van der Waals surface area contributed by atoms with Gasteiger partial charge in [0.2, 0.25) is 0 Å². The van der Waals surface area contributed by atoms with Gasteiger partial charge in [0.1, 0.15) is 5.82 Å². The molecule has 1 heterocycles. The molecule has 0 aliphatic carbocycles. The second-order valence-electron chi connectivity index (χ2n) is 5.50. The van der Waals surface area contributed by atoms with E-state index in [0.717, 1.165) is 37.9 Å². The molecule has 4 nitrogen and oxygen atoms in total. The molecule has 0 N–H and O–H groups in total. The fraction of sp³-hybridized carbons (Fsp3) is 0.600. The van der Waals surface area contributed by atoms with Gasteiger partial charge in [0.15, 0.2) is 0 Å². The van der Waals surface area contributed by atoms with E-state index in [1.54, 1.807) is 0 Å². The molecular weight excluding hydrogens is 259 g/mol. The van der Waals surface area contributed by atoms with E-state index in [4.69, 9.17) is 0 Å². The average Bonchev–Trinajstić information content (AvgIpc) is 2.64. The summed E-state index contributed by atoms with van der Waals surface area (Å²) in [7, 11) is 0. The second kappa shape index (κ2) is 6.68. The lowest BCUT2D eigenvalue weighted by Gasteiger charge is -2.22. The minimum atomic E-state index is -0.538. The van der Waals surface area contributed by atoms with E-state index in [0.29, 0.717) is 5.69 Å². The van der Waals surface area contributed by atoms with Crippen LogP contribution in [-0.4, -0.2) is 18.0 Å². The number of hydrogen-bond acceptors (Lipinski definition) is 3. The fourth-order valence-corrected chi connectivity index (χ4v) is 2.97. The summed E-state index contributed by atoms with van der Waals surface area (Å²) in [6.45, 7) is 3.89. The summed E-state index contributed by atoms with van der Waals surface area (Å²) in [4.78, 5) is 12.4. The summed E-state index contributed by atoms with van der Waals surface area (Å²) in [6.07, 6.45) is 5.77. The zero-order chi connectivity index (χ0) is 14.5. The lowest BCUT2D eigenvalue weighted by Crippen LogP contribution is -2.24. The molecule has 1 aliphatic heterocycles. The number of anilines is 1. The summed E-state index contributed by atoms with van der Waals surface area (Å²) in [5.74, 6) is 0.192. The Morgan fingerprint density at radius 2 is 2.15 bits per heavy atom. The van der Waals surface area contributed by atoms with Crippen LogP contribution in [0.3, 0.4) is 0 Å². The number of nitro groups is 1. The Morgan fingerprint density at radius 3 is 2.85 bits per heavy atom. The van der Waals surface area contributed by atoms with E-state index in [9.17, 15) is 14.5 Å². The fourth-order valence-electron chi connectivity index (χ4n) is 2.97. The molecule has 0 saturated carbocycles. The van der Waals surface area contributed by atoms with Gasteiger partial charge in [-0.1, -0.05) is 19.8 Å². The number of hydrogen-bond donors (Lipinski definition) is 0. The number of nitrogens with zero attached hydrogens (tertiary/aromatic N) is 2. The highest BCUT2D eigenvalue weighted by Gasteiger charge is 2.19. The monoisotopic (exact) mass is 280 g/mol. The maximum Gasteiger partial charge on any atom is 0.274 e. The molecule has 2 rings (SSSR count). The van der Waals surface area contributed by atoms with E-state index >= 15 is 0 Å². The molecule has 1 fully saturated rings. The van der Waals surface area contributed by atoms with E-state index in [-0.39, 0.29) is 5.69 Å². The van der Waals surface area contributed by atoms with Gasteiger partial charge in [-0.15, -0.1) is 0 Å². The number of non-ortho nitro benzene ring substituents is 1. The van der Waals surface area contributed by atoms with Crippen molar-refractivity contribution >= 4 is 11.4 Å². The van der Waals surface area contributed by atoms with Crippen LogP contribution in [0.25, 0.3) is 0 Å². The molecule has 0 amide bonds. The van der Waals surface area contributed by atoms with Gasteiger partial charge in [-0.25, -0.2) is 4.39 Å². The Morgan fingerprint density at radius 1 is 1.35 bits per heavy atom. The van der Waals surface area contributed by atoms with Crippen molar-refractivity contribution in [3.05, 3.63) is 34.1 Å². The van der Waals surface area contributed by atoms with E-state index in [1.807, 2.05) is 0 Å². The van der Waals surface area contributed by atoms with Crippen molar-refractivity contribution in [2.75, 3.05) is 18.0 Å². The molecule has 0 bridgehead atoms. The highest BCUT2D eigenvalue weighted by Crippen LogP contribution is 2.28. The largest absolute Gasteiger partial charge is 0.371 e. The Bertz CT molecular complexity index is 479. The lowest BCUT2D eigenvalue weighted by molar-refractivity contribution is -0.385. The molecule has 1 aliphatic rings. The van der Waals surface area contributed by atoms with Crippen molar-refractivity contribution in [2.24, 2.45) is 5.92 Å². The van der Waals surface area contributed by atoms with Crippen molar-refractivity contribution in [2.45, 2.75) is 39.0 Å². The Kier molecular flexibility index (Phi) is 4.93. The van der Waals surface area contributed by atoms with Gasteiger partial charge in [-0.05, 0) is 31.2 Å². The summed E-state index contributed by atoms with van der Waals surface area (Å²) in [5, 5.41) is 10.8. The SMILES string of the molecule is CCCC1CCCN(c2cc(F)cc([N+](=O)[O-])c2)CC1. The predicted molar refractivity (Wildman–Crippen MR) is 77.5 cm³/mol. The minimum Gasteiger partial charge on any atom is -0.371 e. The van der Waals surface area contributed by atoms with E-state index in [1.165, 1.54) is 31.4 Å². The Labute approximate surface area is 118 Å². The van der Waals surface area contributed by atoms with Crippen LogP contribution in [-0.2, 0) is 0 Å². The first kappa shape index (κ1) is 14.8. The molecule has 1 aromatic carbocycles. The third-order valence-corrected chi connectivity index (χ3v) is 3.99. The second-order valence-corrected chi connectivity index (χ2v) is 5.50. The van der Waals surface area contributed by atoms with Crippen LogP contribution >= 0.6 is 0 Å². The molecule has 1 saturated heterocycles. The van der Waals surface area contributed by atoms with Crippen LogP contribution in [0.2, 0.25) is 0 Å². The lowest BCUT2D eigenvalue weighted by atomic mass is 9.96. The molecule has 1 atom stereocenters. The molecule has 5 heteroatoms. The predicted octanol–water partition coefficient (Wildman–Crippen LogP) is 4.14. The Hall–Kier alpha value is -1.65. The number of nitro benzene ring substituents is 1. The van der Waals surface area contributed by atoms with Crippen LogP contribution in [0.4, 0.5) is 15.8 Å². The highest BCUT2D eigenvalue weighted by atomic mass is 19.1. The van der Waals surface area contributed by atoms with Gasteiger partial charge >= 0.3 is 0 Å². The first-order valence-electron chi connectivity index (χ1n) is 7.30. The summed E-state index contributed by atoms with van der Waals surface area (Å²) >= 11 is 0. The summed E-state index contributed by atoms with van der Waals surface area (Å²) in [6, 6.07) is 3.84. The van der Waals surface area contributed by atoms with E-state index in [2.05, 4.69) is 11.8 Å². The molecule has 0 spiro atoms. The van der Waals surface area contributed by atoms with Crippen molar-refractivity contribution in [1.82, 2.24) is 0 Å². The molecule has 0 radical (unpaired) electrons. The molecule has 110 valence electrons. The third kappa shape index (κ3) is 3.68. The number of rotatable bonds is 4. The molecule has 20 heavy (non-hydrogen) atoms. The van der Waals surface area contributed by atoms with Gasteiger partial charge < -0.3 is 4.90 Å². The highest BCUT2D eigenvalue weighted by molar-refractivity contribution is 5.53. The van der Waals surface area contributed by atoms with Crippen molar-refractivity contribution in [3.8, 4) is 0 Å². The maximum absolute atomic E-state index is 13.5. The van der Waals surface area contributed by atoms with Crippen molar-refractivity contribution in [3.63, 3.8) is 0 Å². The van der Waals surface area contributed by atoms with Gasteiger partial charge in [0.05, 0.1) is 11.0 Å². The molecule has 0 aromatic heterocycles. The van der Waals surface area contributed by atoms with Crippen LogP contribution in [0, 0.1) is 21.8 Å². The molecular formula is C15H21FN2O2. The van der Waals surface area contributed by atoms with E-state index < -0.39 is 10.7 Å². The molecule has 1 aromatic rings.